The molecule has 1 aromatic heterocycles. The van der Waals surface area contributed by atoms with Crippen LogP contribution in [-0.2, 0) is 4.74 Å². The lowest BCUT2D eigenvalue weighted by atomic mass is 10.1. The number of benzene rings is 2. The van der Waals surface area contributed by atoms with E-state index in [0.717, 1.165) is 0 Å². The SMILES string of the molecule is COCCOc1ccc(C(=O)NCC(=O)c2ccc(OC)c(-c3ccc(F)c(Cl)c3)n2)cc1. The van der Waals surface area contributed by atoms with E-state index >= 15 is 0 Å². The maximum absolute atomic E-state index is 13.5. The number of pyridine rings is 1. The highest BCUT2D eigenvalue weighted by molar-refractivity contribution is 6.31. The van der Waals surface area contributed by atoms with Crippen LogP contribution in [0.15, 0.2) is 54.6 Å². The van der Waals surface area contributed by atoms with Gasteiger partial charge in [0.15, 0.2) is 5.78 Å². The van der Waals surface area contributed by atoms with Crippen molar-refractivity contribution in [1.82, 2.24) is 10.3 Å². The largest absolute Gasteiger partial charge is 0.494 e. The molecule has 0 aliphatic carbocycles. The van der Waals surface area contributed by atoms with Gasteiger partial charge in [0, 0.05) is 18.2 Å². The quantitative estimate of drug-likeness (QED) is 0.352. The van der Waals surface area contributed by atoms with E-state index in [-0.39, 0.29) is 17.3 Å². The van der Waals surface area contributed by atoms with Gasteiger partial charge in [-0.05, 0) is 54.6 Å². The molecule has 0 atom stereocenters. The van der Waals surface area contributed by atoms with Gasteiger partial charge < -0.3 is 19.5 Å². The smallest absolute Gasteiger partial charge is 0.251 e. The Kier molecular flexibility index (Phi) is 8.34. The summed E-state index contributed by atoms with van der Waals surface area (Å²) in [6, 6.07) is 13.7. The first kappa shape index (κ1) is 24.2. The van der Waals surface area contributed by atoms with Gasteiger partial charge in [0.2, 0.25) is 0 Å². The molecule has 3 aromatic rings. The van der Waals surface area contributed by atoms with Crippen LogP contribution in [0.25, 0.3) is 11.3 Å². The Balaban J connectivity index is 1.67. The molecule has 7 nitrogen and oxygen atoms in total. The lowest BCUT2D eigenvalue weighted by molar-refractivity contribution is 0.0902. The van der Waals surface area contributed by atoms with Gasteiger partial charge >= 0.3 is 0 Å². The third kappa shape index (κ3) is 6.27. The van der Waals surface area contributed by atoms with E-state index in [1.165, 1.54) is 31.4 Å². The first-order chi connectivity index (χ1) is 15.9. The Hall–Kier alpha value is -3.49. The number of nitrogens with one attached hydrogen (secondary N) is 1. The highest BCUT2D eigenvalue weighted by Gasteiger charge is 2.16. The molecular weight excluding hydrogens is 451 g/mol. The number of hydrogen-bond donors (Lipinski definition) is 1. The Bertz CT molecular complexity index is 1140. The van der Waals surface area contributed by atoms with Gasteiger partial charge in [-0.3, -0.25) is 9.59 Å². The fourth-order valence-electron chi connectivity index (χ4n) is 2.92. The molecule has 2 aromatic carbocycles. The Labute approximate surface area is 195 Å². The van der Waals surface area contributed by atoms with E-state index in [1.807, 2.05) is 0 Å². The maximum Gasteiger partial charge on any atom is 0.251 e. The molecule has 3 rings (SSSR count). The fraction of sp³-hybridized carbons (Fsp3) is 0.208. The van der Waals surface area contributed by atoms with Crippen molar-refractivity contribution in [1.29, 1.82) is 0 Å². The second-order valence-corrected chi connectivity index (χ2v) is 7.25. The molecule has 0 bridgehead atoms. The summed E-state index contributed by atoms with van der Waals surface area (Å²) in [5.74, 6) is -0.378. The summed E-state index contributed by atoms with van der Waals surface area (Å²) in [6.45, 7) is 0.602. The molecule has 1 amide bonds. The molecule has 0 aliphatic rings. The lowest BCUT2D eigenvalue weighted by Crippen LogP contribution is -2.30. The molecule has 0 spiro atoms. The molecule has 0 saturated carbocycles. The fourth-order valence-corrected chi connectivity index (χ4v) is 3.10. The Morgan fingerprint density at radius 3 is 2.45 bits per heavy atom. The van der Waals surface area contributed by atoms with Gasteiger partial charge in [0.25, 0.3) is 5.91 Å². The highest BCUT2D eigenvalue weighted by atomic mass is 35.5. The maximum atomic E-state index is 13.5. The van der Waals surface area contributed by atoms with Gasteiger partial charge in [0.1, 0.15) is 35.3 Å². The predicted molar refractivity (Wildman–Crippen MR) is 122 cm³/mol. The zero-order valence-corrected chi connectivity index (χ0v) is 18.8. The van der Waals surface area contributed by atoms with E-state index in [0.29, 0.717) is 41.5 Å². The Morgan fingerprint density at radius 1 is 1.03 bits per heavy atom. The average Bonchev–Trinajstić information content (AvgIpc) is 2.84. The summed E-state index contributed by atoms with van der Waals surface area (Å²) in [5, 5.41) is 2.51. The molecule has 0 unspecified atom stereocenters. The Morgan fingerprint density at radius 2 is 1.79 bits per heavy atom. The van der Waals surface area contributed by atoms with Gasteiger partial charge in [0.05, 0.1) is 25.3 Å². The average molecular weight is 473 g/mol. The number of nitrogens with zero attached hydrogens (tertiary/aromatic N) is 1. The molecule has 0 saturated heterocycles. The van der Waals surface area contributed by atoms with E-state index in [1.54, 1.807) is 37.4 Å². The summed E-state index contributed by atoms with van der Waals surface area (Å²) in [4.78, 5) is 29.4. The number of Topliss-reactive ketones (excluding diaryl/α,β-unsaturated/α-hetero) is 1. The summed E-state index contributed by atoms with van der Waals surface area (Å²) in [5.41, 5.74) is 1.32. The van der Waals surface area contributed by atoms with Gasteiger partial charge in [-0.25, -0.2) is 9.37 Å². The van der Waals surface area contributed by atoms with Crippen LogP contribution in [0, 0.1) is 5.82 Å². The second-order valence-electron chi connectivity index (χ2n) is 6.85. The molecule has 172 valence electrons. The van der Waals surface area contributed by atoms with Crippen LogP contribution in [0.5, 0.6) is 11.5 Å². The number of aromatic nitrogens is 1. The van der Waals surface area contributed by atoms with Gasteiger partial charge in [-0.2, -0.15) is 0 Å². The molecule has 0 aliphatic heterocycles. The van der Waals surface area contributed by atoms with Crippen LogP contribution in [0.4, 0.5) is 4.39 Å². The van der Waals surface area contributed by atoms with E-state index in [4.69, 9.17) is 25.8 Å². The van der Waals surface area contributed by atoms with Crippen molar-refractivity contribution in [3.8, 4) is 22.8 Å². The number of ketones is 1. The number of carbonyl (C=O) groups excluding carboxylic acids is 2. The highest BCUT2D eigenvalue weighted by Crippen LogP contribution is 2.31. The normalized spacial score (nSPS) is 10.5. The first-order valence-corrected chi connectivity index (χ1v) is 10.3. The second kappa shape index (κ2) is 11.4. The van der Waals surface area contributed by atoms with Gasteiger partial charge in [-0.1, -0.05) is 11.6 Å². The van der Waals surface area contributed by atoms with Crippen LogP contribution in [0.3, 0.4) is 0 Å². The molecule has 1 N–H and O–H groups in total. The van der Waals surface area contributed by atoms with Crippen LogP contribution < -0.4 is 14.8 Å². The predicted octanol–water partition coefficient (Wildman–Crippen LogP) is 4.19. The zero-order valence-electron chi connectivity index (χ0n) is 18.1. The molecule has 1 heterocycles. The molecule has 0 radical (unpaired) electrons. The van der Waals surface area contributed by atoms with Crippen molar-refractivity contribution in [2.75, 3.05) is 34.0 Å². The number of hydrogen-bond acceptors (Lipinski definition) is 6. The van der Waals surface area contributed by atoms with Crippen molar-refractivity contribution in [2.24, 2.45) is 0 Å². The minimum Gasteiger partial charge on any atom is -0.494 e. The summed E-state index contributed by atoms with van der Waals surface area (Å²) in [7, 11) is 3.04. The topological polar surface area (TPSA) is 86.8 Å². The minimum atomic E-state index is -0.566. The van der Waals surface area contributed by atoms with Crippen molar-refractivity contribution in [2.45, 2.75) is 0 Å². The summed E-state index contributed by atoms with van der Waals surface area (Å²) >= 11 is 5.87. The third-order valence-electron chi connectivity index (χ3n) is 4.64. The molecule has 9 heteroatoms. The van der Waals surface area contributed by atoms with E-state index in [9.17, 15) is 14.0 Å². The number of carbonyl (C=O) groups is 2. The zero-order chi connectivity index (χ0) is 23.8. The van der Waals surface area contributed by atoms with Crippen molar-refractivity contribution >= 4 is 23.3 Å². The number of ether oxygens (including phenoxy) is 3. The van der Waals surface area contributed by atoms with Crippen molar-refractivity contribution in [3.05, 3.63) is 76.7 Å². The standard InChI is InChI=1S/C24H22ClFN2O5/c1-31-11-12-33-17-6-3-15(4-7-17)24(30)27-14-21(29)20-9-10-22(32-2)23(28-20)16-5-8-19(26)18(25)13-16/h3-10,13H,11-12,14H2,1-2H3,(H,27,30). The van der Waals surface area contributed by atoms with E-state index in [2.05, 4.69) is 10.3 Å². The number of methoxy groups -OCH3 is 2. The molecular formula is C24H22ClFN2O5. The van der Waals surface area contributed by atoms with Crippen LogP contribution >= 0.6 is 11.6 Å². The lowest BCUT2D eigenvalue weighted by Gasteiger charge is -2.11. The first-order valence-electron chi connectivity index (χ1n) is 9.96. The number of halogens is 2. The number of amides is 1. The van der Waals surface area contributed by atoms with Crippen molar-refractivity contribution < 1.29 is 28.2 Å². The van der Waals surface area contributed by atoms with Crippen molar-refractivity contribution in [3.63, 3.8) is 0 Å². The van der Waals surface area contributed by atoms with Crippen LogP contribution in [-0.4, -0.2) is 50.7 Å². The summed E-state index contributed by atoms with van der Waals surface area (Å²) in [6.07, 6.45) is 0. The van der Waals surface area contributed by atoms with E-state index < -0.39 is 17.5 Å². The monoisotopic (exact) mass is 472 g/mol. The van der Waals surface area contributed by atoms with Crippen LogP contribution in [0.1, 0.15) is 20.8 Å². The molecule has 0 fully saturated rings. The molecule has 33 heavy (non-hydrogen) atoms. The number of rotatable bonds is 10. The summed E-state index contributed by atoms with van der Waals surface area (Å²) < 4.78 is 29.2. The van der Waals surface area contributed by atoms with Crippen LogP contribution in [0.2, 0.25) is 5.02 Å². The van der Waals surface area contributed by atoms with Gasteiger partial charge in [-0.15, -0.1) is 0 Å². The minimum absolute atomic E-state index is 0.0736. The third-order valence-corrected chi connectivity index (χ3v) is 4.93.